The molecule has 6 heteroatoms. The molecule has 23 heavy (non-hydrogen) atoms. The van der Waals surface area contributed by atoms with Gasteiger partial charge in [0, 0.05) is 44.5 Å². The maximum Gasteiger partial charge on any atom is 0.225 e. The fraction of sp³-hybridized carbons (Fsp3) is 0.471. The maximum atomic E-state index is 14.4. The number of aromatic nitrogens is 1. The van der Waals surface area contributed by atoms with Crippen LogP contribution in [0.4, 0.5) is 4.39 Å². The van der Waals surface area contributed by atoms with Gasteiger partial charge in [0.2, 0.25) is 5.89 Å². The predicted octanol–water partition coefficient (Wildman–Crippen LogP) is 2.72. The van der Waals surface area contributed by atoms with Crippen LogP contribution in [0.5, 0.6) is 0 Å². The van der Waals surface area contributed by atoms with Gasteiger partial charge in [0.1, 0.15) is 12.1 Å². The van der Waals surface area contributed by atoms with Gasteiger partial charge in [0.25, 0.3) is 0 Å². The molecule has 3 rings (SSSR count). The summed E-state index contributed by atoms with van der Waals surface area (Å²) in [4.78, 5) is 6.25. The molecule has 1 aromatic carbocycles. The SMILES string of the molecule is COC[C@@H]1C[C@@H](OC)CN1Cc1ccc(-c2ncco2)cc1F. The van der Waals surface area contributed by atoms with E-state index in [0.29, 0.717) is 30.2 Å². The quantitative estimate of drug-likeness (QED) is 0.819. The molecule has 0 spiro atoms. The van der Waals surface area contributed by atoms with Crippen molar-refractivity contribution in [1.29, 1.82) is 0 Å². The third kappa shape index (κ3) is 3.60. The van der Waals surface area contributed by atoms with Gasteiger partial charge in [-0.2, -0.15) is 0 Å². The highest BCUT2D eigenvalue weighted by molar-refractivity contribution is 5.53. The number of ether oxygens (including phenoxy) is 2. The third-order valence-corrected chi connectivity index (χ3v) is 4.29. The number of methoxy groups -OCH3 is 2. The van der Waals surface area contributed by atoms with Crippen LogP contribution in [0.15, 0.2) is 35.1 Å². The summed E-state index contributed by atoms with van der Waals surface area (Å²) in [5, 5.41) is 0. The molecule has 0 N–H and O–H groups in total. The largest absolute Gasteiger partial charge is 0.445 e. The highest BCUT2D eigenvalue weighted by Crippen LogP contribution is 2.25. The fourth-order valence-corrected chi connectivity index (χ4v) is 3.06. The van der Waals surface area contributed by atoms with Crippen LogP contribution in [0.1, 0.15) is 12.0 Å². The summed E-state index contributed by atoms with van der Waals surface area (Å²) >= 11 is 0. The lowest BCUT2D eigenvalue weighted by Crippen LogP contribution is -2.32. The summed E-state index contributed by atoms with van der Waals surface area (Å²) in [5.74, 6) is 0.172. The van der Waals surface area contributed by atoms with Crippen LogP contribution in [0.2, 0.25) is 0 Å². The Hall–Kier alpha value is -1.76. The average molecular weight is 320 g/mol. The molecule has 1 saturated heterocycles. The van der Waals surface area contributed by atoms with Crippen molar-refractivity contribution in [2.75, 3.05) is 27.4 Å². The topological polar surface area (TPSA) is 47.7 Å². The molecule has 0 aliphatic carbocycles. The highest BCUT2D eigenvalue weighted by Gasteiger charge is 2.32. The minimum Gasteiger partial charge on any atom is -0.445 e. The third-order valence-electron chi connectivity index (χ3n) is 4.29. The first-order chi connectivity index (χ1) is 11.2. The van der Waals surface area contributed by atoms with Crippen LogP contribution >= 0.6 is 0 Å². The van der Waals surface area contributed by atoms with Crippen molar-refractivity contribution in [3.63, 3.8) is 0 Å². The molecular formula is C17H21FN2O3. The van der Waals surface area contributed by atoms with Crippen molar-refractivity contribution < 1.29 is 18.3 Å². The van der Waals surface area contributed by atoms with Gasteiger partial charge in [-0.15, -0.1) is 0 Å². The second kappa shape index (κ2) is 7.21. The Labute approximate surface area is 135 Å². The first-order valence-electron chi connectivity index (χ1n) is 7.65. The van der Waals surface area contributed by atoms with Crippen molar-refractivity contribution >= 4 is 0 Å². The zero-order valence-electron chi connectivity index (χ0n) is 13.4. The minimum absolute atomic E-state index is 0.171. The average Bonchev–Trinajstić information content (AvgIpc) is 3.20. The fourth-order valence-electron chi connectivity index (χ4n) is 3.06. The smallest absolute Gasteiger partial charge is 0.225 e. The van der Waals surface area contributed by atoms with Crippen LogP contribution in [0.3, 0.4) is 0 Å². The molecule has 1 aliphatic heterocycles. The maximum absolute atomic E-state index is 14.4. The van der Waals surface area contributed by atoms with Crippen LogP contribution in [-0.2, 0) is 16.0 Å². The van der Waals surface area contributed by atoms with Gasteiger partial charge in [-0.1, -0.05) is 6.07 Å². The second-order valence-corrected chi connectivity index (χ2v) is 5.78. The number of oxazole rings is 1. The number of likely N-dealkylation sites (tertiary alicyclic amines) is 1. The summed E-state index contributed by atoms with van der Waals surface area (Å²) in [6, 6.07) is 5.34. The van der Waals surface area contributed by atoms with Gasteiger partial charge in [0.15, 0.2) is 0 Å². The number of benzene rings is 1. The van der Waals surface area contributed by atoms with Gasteiger partial charge in [0.05, 0.1) is 18.9 Å². The lowest BCUT2D eigenvalue weighted by molar-refractivity contribution is 0.105. The summed E-state index contributed by atoms with van der Waals surface area (Å²) in [6.45, 7) is 1.94. The van der Waals surface area contributed by atoms with Crippen LogP contribution in [0.25, 0.3) is 11.5 Å². The Morgan fingerprint density at radius 1 is 1.39 bits per heavy atom. The van der Waals surface area contributed by atoms with Crippen molar-refractivity contribution in [2.45, 2.75) is 25.1 Å². The standard InChI is InChI=1S/C17H21FN2O3/c1-21-11-14-8-15(22-2)10-20(14)9-13-4-3-12(7-16(13)18)17-19-5-6-23-17/h3-7,14-15H,8-11H2,1-2H3/t14-,15+/m0/s1. The Bertz CT molecular complexity index is 633. The number of rotatable bonds is 6. The molecule has 2 atom stereocenters. The Morgan fingerprint density at radius 3 is 2.91 bits per heavy atom. The van der Waals surface area contributed by atoms with E-state index in [9.17, 15) is 4.39 Å². The van der Waals surface area contributed by atoms with E-state index in [-0.39, 0.29) is 18.0 Å². The number of halogens is 1. The van der Waals surface area contributed by atoms with Crippen LogP contribution < -0.4 is 0 Å². The van der Waals surface area contributed by atoms with E-state index in [1.54, 1.807) is 26.5 Å². The molecule has 0 radical (unpaired) electrons. The molecule has 0 amide bonds. The van der Waals surface area contributed by atoms with E-state index >= 15 is 0 Å². The summed E-state index contributed by atoms with van der Waals surface area (Å²) in [6.07, 6.45) is 4.10. The first kappa shape index (κ1) is 16.1. The lowest BCUT2D eigenvalue weighted by atomic mass is 10.1. The summed E-state index contributed by atoms with van der Waals surface area (Å²) < 4.78 is 30.3. The molecule has 1 aromatic heterocycles. The van der Waals surface area contributed by atoms with E-state index < -0.39 is 0 Å². The van der Waals surface area contributed by atoms with Crippen LogP contribution in [0, 0.1) is 5.82 Å². The molecule has 2 heterocycles. The molecule has 1 fully saturated rings. The summed E-state index contributed by atoms with van der Waals surface area (Å²) in [7, 11) is 3.40. The van der Waals surface area contributed by atoms with Crippen molar-refractivity contribution in [3.8, 4) is 11.5 Å². The van der Waals surface area contributed by atoms with Crippen LogP contribution in [-0.4, -0.2) is 49.4 Å². The van der Waals surface area contributed by atoms with Gasteiger partial charge in [-0.05, 0) is 18.6 Å². The van der Waals surface area contributed by atoms with E-state index in [0.717, 1.165) is 13.0 Å². The van der Waals surface area contributed by atoms with Gasteiger partial charge in [-0.3, -0.25) is 4.90 Å². The van der Waals surface area contributed by atoms with E-state index in [2.05, 4.69) is 9.88 Å². The number of hydrogen-bond acceptors (Lipinski definition) is 5. The molecule has 1 aliphatic rings. The molecule has 2 aromatic rings. The zero-order chi connectivity index (χ0) is 16.2. The van der Waals surface area contributed by atoms with Crippen molar-refractivity contribution in [1.82, 2.24) is 9.88 Å². The number of nitrogens with zero attached hydrogens (tertiary/aromatic N) is 2. The molecule has 0 saturated carbocycles. The van der Waals surface area contributed by atoms with E-state index in [1.807, 2.05) is 6.07 Å². The van der Waals surface area contributed by atoms with Crippen molar-refractivity contribution in [3.05, 3.63) is 42.0 Å². The second-order valence-electron chi connectivity index (χ2n) is 5.78. The monoisotopic (exact) mass is 320 g/mol. The Morgan fingerprint density at radius 2 is 2.26 bits per heavy atom. The minimum atomic E-state index is -0.252. The lowest BCUT2D eigenvalue weighted by Gasteiger charge is -2.23. The first-order valence-corrected chi connectivity index (χ1v) is 7.65. The Balaban J connectivity index is 1.74. The Kier molecular flexibility index (Phi) is 5.05. The molecule has 124 valence electrons. The zero-order valence-corrected chi connectivity index (χ0v) is 13.4. The van der Waals surface area contributed by atoms with Gasteiger partial charge >= 0.3 is 0 Å². The van der Waals surface area contributed by atoms with E-state index in [1.165, 1.54) is 12.3 Å². The predicted molar refractivity (Wildman–Crippen MR) is 83.4 cm³/mol. The van der Waals surface area contributed by atoms with Crippen molar-refractivity contribution in [2.24, 2.45) is 0 Å². The highest BCUT2D eigenvalue weighted by atomic mass is 19.1. The molecule has 5 nitrogen and oxygen atoms in total. The molecular weight excluding hydrogens is 299 g/mol. The molecule has 0 bridgehead atoms. The normalized spacial score (nSPS) is 21.9. The van der Waals surface area contributed by atoms with Gasteiger partial charge < -0.3 is 13.9 Å². The van der Waals surface area contributed by atoms with E-state index in [4.69, 9.17) is 13.9 Å². The molecule has 0 unspecified atom stereocenters. The summed E-state index contributed by atoms with van der Waals surface area (Å²) in [5.41, 5.74) is 1.29. The van der Waals surface area contributed by atoms with Gasteiger partial charge in [-0.25, -0.2) is 9.37 Å². The number of hydrogen-bond donors (Lipinski definition) is 0.